The molecule has 3 rings (SSSR count). The molecule has 0 radical (unpaired) electrons. The Balaban J connectivity index is 1.59. The Morgan fingerprint density at radius 2 is 2.29 bits per heavy atom. The fraction of sp³-hybridized carbons (Fsp3) is 0.500. The van der Waals surface area contributed by atoms with E-state index in [-0.39, 0.29) is 25.0 Å². The zero-order valence-corrected chi connectivity index (χ0v) is 15.0. The molecule has 0 spiro atoms. The van der Waals surface area contributed by atoms with Gasteiger partial charge in [0, 0.05) is 10.4 Å². The molecule has 1 aliphatic heterocycles. The number of aryl methyl sites for hydroxylation is 2. The van der Waals surface area contributed by atoms with Crippen LogP contribution in [0.25, 0.3) is 0 Å². The number of ether oxygens (including phenoxy) is 1. The number of aliphatic hydroxyl groups is 1. The molecule has 1 aliphatic rings. The quantitative estimate of drug-likeness (QED) is 0.870. The number of carbonyl (C=O) groups excluding carboxylic acids is 1. The number of fused-ring (bicyclic) bond motifs is 1. The van der Waals surface area contributed by atoms with Crippen LogP contribution < -0.4 is 5.32 Å². The number of amides is 1. The minimum absolute atomic E-state index is 0.126. The Kier molecular flexibility index (Phi) is 4.80. The van der Waals surface area contributed by atoms with E-state index in [0.29, 0.717) is 17.9 Å². The average Bonchev–Trinajstić information content (AvgIpc) is 3.12. The lowest BCUT2D eigenvalue weighted by molar-refractivity contribution is -0.125. The molecule has 0 bridgehead atoms. The van der Waals surface area contributed by atoms with Crippen LogP contribution in [-0.2, 0) is 21.6 Å². The van der Waals surface area contributed by atoms with E-state index in [2.05, 4.69) is 11.4 Å². The average molecular weight is 349 g/mol. The molecule has 24 heavy (non-hydrogen) atoms. The van der Waals surface area contributed by atoms with E-state index in [0.717, 1.165) is 17.1 Å². The highest BCUT2D eigenvalue weighted by molar-refractivity contribution is 7.10. The molecule has 130 valence electrons. The van der Waals surface area contributed by atoms with Crippen molar-refractivity contribution < 1.29 is 19.1 Å². The second-order valence-corrected chi connectivity index (χ2v) is 7.45. The first-order valence-corrected chi connectivity index (χ1v) is 8.99. The number of hydrogen-bond donors (Lipinski definition) is 2. The number of hydrogen-bond acceptors (Lipinski definition) is 5. The highest BCUT2D eigenvalue weighted by Crippen LogP contribution is 2.34. The number of carbonyl (C=O) groups is 1. The Labute approximate surface area is 145 Å². The van der Waals surface area contributed by atoms with Crippen molar-refractivity contribution in [2.75, 3.05) is 13.2 Å². The molecule has 3 heterocycles. The van der Waals surface area contributed by atoms with Crippen LogP contribution in [0.3, 0.4) is 0 Å². The van der Waals surface area contributed by atoms with E-state index < -0.39 is 5.60 Å². The Morgan fingerprint density at radius 3 is 3.00 bits per heavy atom. The molecular formula is C18H23NO4S. The fourth-order valence-electron chi connectivity index (χ4n) is 3.15. The predicted molar refractivity (Wildman–Crippen MR) is 92.1 cm³/mol. The van der Waals surface area contributed by atoms with Crippen molar-refractivity contribution in [1.29, 1.82) is 0 Å². The van der Waals surface area contributed by atoms with Gasteiger partial charge in [-0.05, 0) is 50.3 Å². The first-order valence-electron chi connectivity index (χ1n) is 8.11. The number of nitrogens with one attached hydrogen (secondary N) is 1. The van der Waals surface area contributed by atoms with Crippen molar-refractivity contribution >= 4 is 17.2 Å². The molecule has 0 aliphatic carbocycles. The molecule has 6 heteroatoms. The summed E-state index contributed by atoms with van der Waals surface area (Å²) in [5.74, 6) is 1.29. The van der Waals surface area contributed by atoms with E-state index in [9.17, 15) is 9.90 Å². The fourth-order valence-corrected chi connectivity index (χ4v) is 4.15. The minimum Gasteiger partial charge on any atom is -0.466 e. The van der Waals surface area contributed by atoms with Crippen molar-refractivity contribution in [1.82, 2.24) is 5.32 Å². The topological polar surface area (TPSA) is 71.7 Å². The molecule has 2 atom stereocenters. The van der Waals surface area contributed by atoms with Gasteiger partial charge in [-0.25, -0.2) is 0 Å². The zero-order chi connectivity index (χ0) is 17.3. The summed E-state index contributed by atoms with van der Waals surface area (Å²) in [6, 6.07) is 3.91. The third-order valence-corrected chi connectivity index (χ3v) is 5.44. The van der Waals surface area contributed by atoms with Gasteiger partial charge in [0.2, 0.25) is 5.91 Å². The second-order valence-electron chi connectivity index (χ2n) is 6.50. The van der Waals surface area contributed by atoms with Crippen molar-refractivity contribution in [3.05, 3.63) is 45.0 Å². The van der Waals surface area contributed by atoms with Gasteiger partial charge in [-0.1, -0.05) is 0 Å². The van der Waals surface area contributed by atoms with Crippen molar-refractivity contribution in [2.24, 2.45) is 0 Å². The SMILES string of the molecule is Cc1cc(C(C)(O)CNC(=O)CC2OCCc3ccsc32)c(C)o1. The van der Waals surface area contributed by atoms with E-state index in [1.165, 1.54) is 5.56 Å². The van der Waals surface area contributed by atoms with Gasteiger partial charge < -0.3 is 19.6 Å². The third-order valence-electron chi connectivity index (χ3n) is 4.39. The monoisotopic (exact) mass is 349 g/mol. The summed E-state index contributed by atoms with van der Waals surface area (Å²) in [7, 11) is 0. The van der Waals surface area contributed by atoms with E-state index in [4.69, 9.17) is 9.15 Å². The molecule has 1 amide bonds. The zero-order valence-electron chi connectivity index (χ0n) is 14.2. The summed E-state index contributed by atoms with van der Waals surface area (Å²) in [5.41, 5.74) is 0.814. The normalized spacial score (nSPS) is 19.6. The van der Waals surface area contributed by atoms with Gasteiger partial charge in [-0.15, -0.1) is 11.3 Å². The van der Waals surface area contributed by atoms with Crippen molar-refractivity contribution in [3.63, 3.8) is 0 Å². The molecule has 0 saturated carbocycles. The number of thiophene rings is 1. The van der Waals surface area contributed by atoms with Crippen molar-refractivity contribution in [2.45, 2.75) is 45.3 Å². The van der Waals surface area contributed by atoms with Gasteiger partial charge in [0.1, 0.15) is 23.2 Å². The lowest BCUT2D eigenvalue weighted by atomic mass is 9.96. The molecule has 2 unspecified atom stereocenters. The second kappa shape index (κ2) is 6.70. The lowest BCUT2D eigenvalue weighted by Crippen LogP contribution is -2.39. The van der Waals surface area contributed by atoms with Gasteiger partial charge in [0.25, 0.3) is 0 Å². The maximum absolute atomic E-state index is 12.3. The van der Waals surface area contributed by atoms with Crippen LogP contribution in [0.15, 0.2) is 21.9 Å². The molecule has 2 N–H and O–H groups in total. The van der Waals surface area contributed by atoms with Crippen molar-refractivity contribution in [3.8, 4) is 0 Å². The molecule has 5 nitrogen and oxygen atoms in total. The molecule has 0 aromatic carbocycles. The summed E-state index contributed by atoms with van der Waals surface area (Å²) in [5, 5.41) is 15.5. The summed E-state index contributed by atoms with van der Waals surface area (Å²) < 4.78 is 11.2. The molecule has 0 saturated heterocycles. The minimum atomic E-state index is -1.17. The van der Waals surface area contributed by atoms with E-state index in [1.807, 2.05) is 25.3 Å². The van der Waals surface area contributed by atoms with Gasteiger partial charge in [0.15, 0.2) is 0 Å². The molecule has 2 aromatic heterocycles. The Bertz CT molecular complexity index is 731. The van der Waals surface area contributed by atoms with Crippen LogP contribution in [0.1, 0.15) is 47.0 Å². The van der Waals surface area contributed by atoms with Gasteiger partial charge in [-0.3, -0.25) is 4.79 Å². The third kappa shape index (κ3) is 3.55. The standard InChI is InChI=1S/C18H23NO4S/c1-11-8-14(12(2)23-11)18(3,21)10-19-16(20)9-15-17-13(4-6-22-15)5-7-24-17/h5,7-8,15,21H,4,6,9-10H2,1-3H3,(H,19,20). The van der Waals surface area contributed by atoms with Crippen LogP contribution in [-0.4, -0.2) is 24.2 Å². The van der Waals surface area contributed by atoms with E-state index >= 15 is 0 Å². The summed E-state index contributed by atoms with van der Waals surface area (Å²) in [6.07, 6.45) is 0.995. The summed E-state index contributed by atoms with van der Waals surface area (Å²) >= 11 is 1.63. The maximum atomic E-state index is 12.3. The first kappa shape index (κ1) is 17.2. The van der Waals surface area contributed by atoms with Gasteiger partial charge in [-0.2, -0.15) is 0 Å². The summed E-state index contributed by atoms with van der Waals surface area (Å²) in [4.78, 5) is 13.4. The van der Waals surface area contributed by atoms with Crippen LogP contribution >= 0.6 is 11.3 Å². The molecule has 0 fully saturated rings. The van der Waals surface area contributed by atoms with Crippen LogP contribution in [0.2, 0.25) is 0 Å². The Morgan fingerprint density at radius 1 is 1.50 bits per heavy atom. The summed E-state index contributed by atoms with van der Waals surface area (Å²) in [6.45, 7) is 6.11. The molecule has 2 aromatic rings. The smallest absolute Gasteiger partial charge is 0.223 e. The lowest BCUT2D eigenvalue weighted by Gasteiger charge is -2.25. The van der Waals surface area contributed by atoms with Crippen LogP contribution in [0.5, 0.6) is 0 Å². The first-order chi connectivity index (χ1) is 11.4. The number of rotatable bonds is 5. The molecular weight excluding hydrogens is 326 g/mol. The van der Waals surface area contributed by atoms with Crippen LogP contribution in [0, 0.1) is 13.8 Å². The van der Waals surface area contributed by atoms with Gasteiger partial charge >= 0.3 is 0 Å². The van der Waals surface area contributed by atoms with Gasteiger partial charge in [0.05, 0.1) is 19.6 Å². The largest absolute Gasteiger partial charge is 0.466 e. The van der Waals surface area contributed by atoms with Crippen LogP contribution in [0.4, 0.5) is 0 Å². The Hall–Kier alpha value is -1.63. The predicted octanol–water partition coefficient (Wildman–Crippen LogP) is 2.99. The highest BCUT2D eigenvalue weighted by Gasteiger charge is 2.29. The maximum Gasteiger partial charge on any atom is 0.223 e. The van der Waals surface area contributed by atoms with E-state index in [1.54, 1.807) is 18.3 Å². The number of furan rings is 1. The highest BCUT2D eigenvalue weighted by atomic mass is 32.1.